The Morgan fingerprint density at radius 3 is 2.40 bits per heavy atom. The third-order valence-electron chi connectivity index (χ3n) is 4.74. The number of amides is 1. The van der Waals surface area contributed by atoms with E-state index in [2.05, 4.69) is 17.4 Å². The number of rotatable bonds is 7. The minimum atomic E-state index is -1.47. The molecule has 1 saturated heterocycles. The molecule has 5 N–H and O–H groups in total. The quantitative estimate of drug-likeness (QED) is 0.398. The van der Waals surface area contributed by atoms with Crippen LogP contribution in [0.3, 0.4) is 0 Å². The van der Waals surface area contributed by atoms with Crippen molar-refractivity contribution in [2.24, 2.45) is 0 Å². The first-order chi connectivity index (χ1) is 12.0. The van der Waals surface area contributed by atoms with Crippen molar-refractivity contribution >= 4 is 5.91 Å². The number of aryl methyl sites for hydroxylation is 1. The molecule has 0 saturated carbocycles. The first-order valence-electron chi connectivity index (χ1n) is 8.65. The molecule has 1 heterocycles. The van der Waals surface area contributed by atoms with E-state index in [4.69, 9.17) is 0 Å². The van der Waals surface area contributed by atoms with Crippen LogP contribution in [0, 0.1) is 0 Å². The highest BCUT2D eigenvalue weighted by Crippen LogP contribution is 2.17. The van der Waals surface area contributed by atoms with Gasteiger partial charge in [0.25, 0.3) is 0 Å². The van der Waals surface area contributed by atoms with Crippen LogP contribution in [-0.2, 0) is 11.2 Å². The highest BCUT2D eigenvalue weighted by molar-refractivity contribution is 5.82. The van der Waals surface area contributed by atoms with E-state index in [0.29, 0.717) is 6.54 Å². The van der Waals surface area contributed by atoms with Crippen molar-refractivity contribution in [3.8, 4) is 0 Å². The van der Waals surface area contributed by atoms with E-state index in [1.165, 1.54) is 10.5 Å². The molecular formula is C18H28N2O5. The lowest BCUT2D eigenvalue weighted by atomic mass is 9.90. The predicted molar refractivity (Wildman–Crippen MR) is 92.8 cm³/mol. The van der Waals surface area contributed by atoms with Gasteiger partial charge in [0.15, 0.2) is 0 Å². The van der Waals surface area contributed by atoms with Gasteiger partial charge in [-0.1, -0.05) is 30.3 Å². The molecule has 0 spiro atoms. The number of likely N-dealkylation sites (N-methyl/N-ethyl adjacent to an activating group) is 1. The Hall–Kier alpha value is -1.51. The van der Waals surface area contributed by atoms with Crippen molar-refractivity contribution in [1.29, 1.82) is 0 Å². The molecule has 1 aliphatic rings. The maximum absolute atomic E-state index is 12.5. The minimum Gasteiger partial charge on any atom is -0.395 e. The molecule has 1 aliphatic heterocycles. The Labute approximate surface area is 147 Å². The largest absolute Gasteiger partial charge is 0.395 e. The Morgan fingerprint density at radius 2 is 1.76 bits per heavy atom. The van der Waals surface area contributed by atoms with Crippen molar-refractivity contribution in [2.75, 3.05) is 20.2 Å². The number of carbonyl (C=O) groups is 1. The van der Waals surface area contributed by atoms with Gasteiger partial charge in [0.05, 0.1) is 12.6 Å². The normalized spacial score (nSPS) is 29.4. The van der Waals surface area contributed by atoms with E-state index < -0.39 is 37.0 Å². The van der Waals surface area contributed by atoms with Gasteiger partial charge in [0, 0.05) is 13.6 Å². The zero-order valence-electron chi connectivity index (χ0n) is 14.5. The SMILES string of the molecule is CN(CCCCc1ccccc1)C(=O)[C@H]1N[C@H](CO)[C@@H](O)[C@H](O)[C@@H]1O. The lowest BCUT2D eigenvalue weighted by Gasteiger charge is -2.41. The average molecular weight is 352 g/mol. The fourth-order valence-electron chi connectivity index (χ4n) is 3.11. The van der Waals surface area contributed by atoms with Crippen molar-refractivity contribution < 1.29 is 25.2 Å². The van der Waals surface area contributed by atoms with Crippen LogP contribution >= 0.6 is 0 Å². The monoisotopic (exact) mass is 352 g/mol. The van der Waals surface area contributed by atoms with Gasteiger partial charge in [-0.25, -0.2) is 0 Å². The Morgan fingerprint density at radius 1 is 1.08 bits per heavy atom. The summed E-state index contributed by atoms with van der Waals surface area (Å²) >= 11 is 0. The summed E-state index contributed by atoms with van der Waals surface area (Å²) < 4.78 is 0. The number of benzene rings is 1. The molecule has 0 unspecified atom stereocenters. The van der Waals surface area contributed by atoms with E-state index in [0.717, 1.165) is 19.3 Å². The predicted octanol–water partition coefficient (Wildman–Crippen LogP) is -1.12. The molecule has 5 atom stereocenters. The molecule has 1 aromatic rings. The van der Waals surface area contributed by atoms with Crippen LogP contribution in [0.15, 0.2) is 30.3 Å². The summed E-state index contributed by atoms with van der Waals surface area (Å²) in [5.41, 5.74) is 1.25. The fraction of sp³-hybridized carbons (Fsp3) is 0.611. The standard InChI is InChI=1S/C18H28N2O5/c1-20(10-6-5-9-12-7-3-2-4-8-12)18(25)14-16(23)17(24)15(22)13(11-21)19-14/h2-4,7-8,13-17,19,21-24H,5-6,9-11H2,1H3/t13-,14+,15-,16-,17+/m1/s1. The second kappa shape index (κ2) is 9.26. The summed E-state index contributed by atoms with van der Waals surface area (Å²) in [6, 6.07) is 8.21. The van der Waals surface area contributed by atoms with Crippen LogP contribution in [0.1, 0.15) is 18.4 Å². The van der Waals surface area contributed by atoms with Crippen molar-refractivity contribution in [3.05, 3.63) is 35.9 Å². The van der Waals surface area contributed by atoms with Gasteiger partial charge in [-0.05, 0) is 24.8 Å². The van der Waals surface area contributed by atoms with Gasteiger partial charge < -0.3 is 25.3 Å². The Kier molecular flexibility index (Phi) is 7.34. The zero-order valence-corrected chi connectivity index (χ0v) is 14.5. The van der Waals surface area contributed by atoms with Crippen molar-refractivity contribution in [3.63, 3.8) is 0 Å². The van der Waals surface area contributed by atoms with E-state index >= 15 is 0 Å². The Bertz CT molecular complexity index is 540. The number of carbonyl (C=O) groups excluding carboxylic acids is 1. The summed E-state index contributed by atoms with van der Waals surface area (Å²) in [6.07, 6.45) is -1.53. The van der Waals surface area contributed by atoms with Gasteiger partial charge in [-0.15, -0.1) is 0 Å². The van der Waals surface area contributed by atoms with E-state index in [9.17, 15) is 25.2 Å². The number of unbranched alkanes of at least 4 members (excludes halogenated alkanes) is 1. The van der Waals surface area contributed by atoms with Gasteiger partial charge in [-0.3, -0.25) is 10.1 Å². The summed E-state index contributed by atoms with van der Waals surface area (Å²) in [4.78, 5) is 14.0. The van der Waals surface area contributed by atoms with Gasteiger partial charge in [0.1, 0.15) is 24.4 Å². The molecule has 0 aromatic heterocycles. The van der Waals surface area contributed by atoms with Crippen LogP contribution < -0.4 is 5.32 Å². The molecule has 2 rings (SSSR count). The van der Waals surface area contributed by atoms with Crippen LogP contribution in [0.5, 0.6) is 0 Å². The van der Waals surface area contributed by atoms with Crippen LogP contribution in [-0.4, -0.2) is 81.8 Å². The second-order valence-corrected chi connectivity index (χ2v) is 6.61. The maximum Gasteiger partial charge on any atom is 0.242 e. The third-order valence-corrected chi connectivity index (χ3v) is 4.74. The van der Waals surface area contributed by atoms with Crippen LogP contribution in [0.4, 0.5) is 0 Å². The fourth-order valence-corrected chi connectivity index (χ4v) is 3.11. The van der Waals surface area contributed by atoms with E-state index in [1.807, 2.05) is 18.2 Å². The lowest BCUT2D eigenvalue weighted by Crippen LogP contribution is -2.69. The number of aliphatic hydroxyl groups excluding tert-OH is 4. The van der Waals surface area contributed by atoms with Crippen molar-refractivity contribution in [1.82, 2.24) is 10.2 Å². The molecule has 1 amide bonds. The summed E-state index contributed by atoms with van der Waals surface area (Å²) in [6.45, 7) is 0.0918. The first kappa shape index (κ1) is 19.8. The number of hydrogen-bond acceptors (Lipinski definition) is 6. The lowest BCUT2D eigenvalue weighted by molar-refractivity contribution is -0.152. The number of hydrogen-bond donors (Lipinski definition) is 5. The molecular weight excluding hydrogens is 324 g/mol. The molecule has 0 aliphatic carbocycles. The minimum absolute atomic E-state index is 0.364. The first-order valence-corrected chi connectivity index (χ1v) is 8.65. The highest BCUT2D eigenvalue weighted by atomic mass is 16.4. The molecule has 25 heavy (non-hydrogen) atoms. The molecule has 1 fully saturated rings. The van der Waals surface area contributed by atoms with Gasteiger partial charge in [-0.2, -0.15) is 0 Å². The Balaban J connectivity index is 1.82. The average Bonchev–Trinajstić information content (AvgIpc) is 2.64. The molecule has 7 heteroatoms. The van der Waals surface area contributed by atoms with Gasteiger partial charge in [0.2, 0.25) is 5.91 Å². The summed E-state index contributed by atoms with van der Waals surface area (Å²) in [5.74, 6) is -0.364. The zero-order chi connectivity index (χ0) is 18.4. The third kappa shape index (κ3) is 4.99. The molecule has 7 nitrogen and oxygen atoms in total. The number of piperidine rings is 1. The molecule has 0 radical (unpaired) electrons. The maximum atomic E-state index is 12.5. The second-order valence-electron chi connectivity index (χ2n) is 6.61. The van der Waals surface area contributed by atoms with E-state index in [1.54, 1.807) is 7.05 Å². The molecule has 0 bridgehead atoms. The van der Waals surface area contributed by atoms with Crippen LogP contribution in [0.2, 0.25) is 0 Å². The molecule has 140 valence electrons. The van der Waals surface area contributed by atoms with Crippen molar-refractivity contribution in [2.45, 2.75) is 49.7 Å². The number of nitrogens with zero attached hydrogens (tertiary/aromatic N) is 1. The smallest absolute Gasteiger partial charge is 0.242 e. The molecule has 1 aromatic carbocycles. The number of aliphatic hydroxyl groups is 4. The topological polar surface area (TPSA) is 113 Å². The van der Waals surface area contributed by atoms with E-state index in [-0.39, 0.29) is 5.91 Å². The summed E-state index contributed by atoms with van der Waals surface area (Å²) in [7, 11) is 1.64. The van der Waals surface area contributed by atoms with Crippen LogP contribution in [0.25, 0.3) is 0 Å². The summed E-state index contributed by atoms with van der Waals surface area (Å²) in [5, 5.41) is 41.7. The highest BCUT2D eigenvalue weighted by Gasteiger charge is 2.45. The van der Waals surface area contributed by atoms with Gasteiger partial charge >= 0.3 is 0 Å². The number of nitrogens with one attached hydrogen (secondary N) is 1.